The van der Waals surface area contributed by atoms with Crippen LogP contribution in [0.25, 0.3) is 0 Å². The Kier molecular flexibility index (Phi) is 6.19. The molecular formula is C14H18N2O3S2. The van der Waals surface area contributed by atoms with Crippen LogP contribution in [0.4, 0.5) is 0 Å². The highest BCUT2D eigenvalue weighted by molar-refractivity contribution is 7.85. The van der Waals surface area contributed by atoms with Crippen molar-refractivity contribution in [2.75, 3.05) is 0 Å². The summed E-state index contributed by atoms with van der Waals surface area (Å²) in [6.07, 6.45) is 1.85. The molecule has 0 atom stereocenters. The molecule has 0 saturated carbocycles. The number of aryl methyl sites for hydroxylation is 3. The summed E-state index contributed by atoms with van der Waals surface area (Å²) in [7, 11) is -4.27. The molecule has 2 aromatic rings. The number of nitrogens with zero attached hydrogens (tertiary/aromatic N) is 2. The van der Waals surface area contributed by atoms with Crippen LogP contribution in [0.1, 0.15) is 15.6 Å². The topological polar surface area (TPSA) is 74.0 Å². The van der Waals surface area contributed by atoms with Crippen LogP contribution in [0.3, 0.4) is 0 Å². The predicted molar refractivity (Wildman–Crippen MR) is 81.1 cm³/mol. The molecule has 0 bridgehead atoms. The van der Waals surface area contributed by atoms with Gasteiger partial charge in [-0.3, -0.25) is 0 Å². The van der Waals surface area contributed by atoms with Crippen LogP contribution in [0.2, 0.25) is 0 Å². The number of benzene rings is 1. The van der Waals surface area contributed by atoms with Crippen LogP contribution in [-0.4, -0.2) is 18.1 Å². The van der Waals surface area contributed by atoms with Gasteiger partial charge in [-0.25, -0.2) is 8.42 Å². The van der Waals surface area contributed by atoms with Crippen molar-refractivity contribution < 1.29 is 17.7 Å². The van der Waals surface area contributed by atoms with Crippen molar-refractivity contribution in [2.45, 2.75) is 32.2 Å². The molecule has 0 aliphatic rings. The summed E-state index contributed by atoms with van der Waals surface area (Å²) in [4.78, 5) is -0.178. The van der Waals surface area contributed by atoms with Gasteiger partial charge in [-0.05, 0) is 32.1 Å². The highest BCUT2D eigenvalue weighted by Gasteiger charge is 2.09. The van der Waals surface area contributed by atoms with E-state index in [1.165, 1.54) is 17.1 Å². The van der Waals surface area contributed by atoms with Gasteiger partial charge in [-0.2, -0.15) is 0 Å². The Morgan fingerprint density at radius 3 is 2.24 bits per heavy atom. The van der Waals surface area contributed by atoms with E-state index in [9.17, 15) is 13.0 Å². The number of allylic oxidation sites excluding steroid dienone is 1. The minimum atomic E-state index is -4.27. The zero-order valence-electron chi connectivity index (χ0n) is 12.2. The van der Waals surface area contributed by atoms with Gasteiger partial charge in [0.15, 0.2) is 11.6 Å². The molecule has 0 unspecified atom stereocenters. The molecule has 0 aliphatic heterocycles. The molecule has 2 rings (SSSR count). The van der Waals surface area contributed by atoms with E-state index in [0.29, 0.717) is 0 Å². The second-order valence-electron chi connectivity index (χ2n) is 4.38. The average Bonchev–Trinajstić information content (AvgIpc) is 2.68. The molecule has 0 spiro atoms. The van der Waals surface area contributed by atoms with Gasteiger partial charge in [0.2, 0.25) is 0 Å². The molecule has 114 valence electrons. The molecule has 0 aliphatic carbocycles. The first-order chi connectivity index (χ1) is 9.74. The number of aromatic nitrogens is 2. The van der Waals surface area contributed by atoms with Crippen molar-refractivity contribution in [3.63, 3.8) is 0 Å². The van der Waals surface area contributed by atoms with Crippen LogP contribution >= 0.6 is 11.3 Å². The molecule has 0 saturated heterocycles. The Morgan fingerprint density at radius 2 is 1.86 bits per heavy atom. The van der Waals surface area contributed by atoms with E-state index < -0.39 is 10.1 Å². The van der Waals surface area contributed by atoms with Gasteiger partial charge >= 0.3 is 0 Å². The van der Waals surface area contributed by atoms with Crippen LogP contribution in [0.15, 0.2) is 41.8 Å². The molecule has 0 amide bonds. The van der Waals surface area contributed by atoms with Gasteiger partial charge < -0.3 is 4.55 Å². The minimum absolute atomic E-state index is 0.178. The van der Waals surface area contributed by atoms with Crippen LogP contribution in [0.5, 0.6) is 0 Å². The third kappa shape index (κ3) is 5.74. The van der Waals surface area contributed by atoms with E-state index in [1.54, 1.807) is 23.5 Å². The van der Waals surface area contributed by atoms with Crippen molar-refractivity contribution in [1.82, 2.24) is 5.10 Å². The molecule has 0 N–H and O–H groups in total. The lowest BCUT2D eigenvalue weighted by Gasteiger charge is -2.05. The molecule has 1 heterocycles. The fourth-order valence-corrected chi connectivity index (χ4v) is 2.78. The summed E-state index contributed by atoms with van der Waals surface area (Å²) in [5.41, 5.74) is 0.928. The largest absolute Gasteiger partial charge is 0.744 e. The van der Waals surface area contributed by atoms with E-state index in [0.717, 1.165) is 17.1 Å². The Hall–Kier alpha value is -1.57. The van der Waals surface area contributed by atoms with Gasteiger partial charge in [0.1, 0.15) is 10.1 Å². The fraction of sp³-hybridized carbons (Fsp3) is 0.286. The van der Waals surface area contributed by atoms with Crippen molar-refractivity contribution >= 4 is 21.5 Å². The predicted octanol–water partition coefficient (Wildman–Crippen LogP) is 2.13. The SMILES string of the molecule is C=CC[n+]1nc(C)sc1C.Cc1ccc(S(=O)(=O)[O-])cc1. The summed E-state index contributed by atoms with van der Waals surface area (Å²) in [5, 5.41) is 6.61. The maximum absolute atomic E-state index is 10.4. The lowest BCUT2D eigenvalue weighted by molar-refractivity contribution is -0.745. The molecule has 1 aromatic heterocycles. The van der Waals surface area contributed by atoms with E-state index >= 15 is 0 Å². The van der Waals surface area contributed by atoms with Crippen LogP contribution in [-0.2, 0) is 16.7 Å². The third-order valence-corrected chi connectivity index (χ3v) is 4.26. The van der Waals surface area contributed by atoms with E-state index in [1.807, 2.05) is 24.6 Å². The lowest BCUT2D eigenvalue weighted by atomic mass is 10.2. The molecule has 5 nitrogen and oxygen atoms in total. The van der Waals surface area contributed by atoms with Crippen LogP contribution < -0.4 is 4.68 Å². The molecule has 7 heteroatoms. The van der Waals surface area contributed by atoms with Gasteiger partial charge in [0, 0.05) is 12.0 Å². The Bertz CT molecular complexity index is 704. The van der Waals surface area contributed by atoms with E-state index in [4.69, 9.17) is 0 Å². The lowest BCUT2D eigenvalue weighted by Crippen LogP contribution is -2.37. The first-order valence-corrected chi connectivity index (χ1v) is 8.44. The second kappa shape index (κ2) is 7.44. The van der Waals surface area contributed by atoms with Gasteiger partial charge in [0.25, 0.3) is 5.01 Å². The minimum Gasteiger partial charge on any atom is -0.744 e. The molecule has 0 radical (unpaired) electrons. The van der Waals surface area contributed by atoms with Gasteiger partial charge in [-0.15, -0.1) is 0 Å². The van der Waals surface area contributed by atoms with Gasteiger partial charge in [0.05, 0.1) is 4.90 Å². The zero-order chi connectivity index (χ0) is 16.0. The van der Waals surface area contributed by atoms with Crippen molar-refractivity contribution in [3.05, 3.63) is 52.5 Å². The molecule has 0 fully saturated rings. The summed E-state index contributed by atoms with van der Waals surface area (Å²) < 4.78 is 33.1. The number of hydrogen-bond donors (Lipinski definition) is 0. The highest BCUT2D eigenvalue weighted by atomic mass is 32.2. The highest BCUT2D eigenvalue weighted by Crippen LogP contribution is 2.08. The van der Waals surface area contributed by atoms with E-state index in [-0.39, 0.29) is 4.90 Å². The Morgan fingerprint density at radius 1 is 1.29 bits per heavy atom. The normalized spacial score (nSPS) is 10.7. The Balaban J connectivity index is 0.000000211. The third-order valence-electron chi connectivity index (χ3n) is 2.53. The second-order valence-corrected chi connectivity index (χ2v) is 7.14. The van der Waals surface area contributed by atoms with Crippen molar-refractivity contribution in [2.24, 2.45) is 0 Å². The zero-order valence-corrected chi connectivity index (χ0v) is 13.9. The summed E-state index contributed by atoms with van der Waals surface area (Å²) >= 11 is 1.71. The molecular weight excluding hydrogens is 308 g/mol. The summed E-state index contributed by atoms with van der Waals surface area (Å²) in [5.74, 6) is 0. The maximum Gasteiger partial charge on any atom is 0.262 e. The monoisotopic (exact) mass is 326 g/mol. The van der Waals surface area contributed by atoms with Crippen molar-refractivity contribution in [1.29, 1.82) is 0 Å². The standard InChI is InChI=1S/C7H11N2S.C7H8O3S/c1-4-5-9-7(3)10-6(2)8-9;1-6-2-4-7(5-3-6)11(8,9)10/h4H,1,5H2,2-3H3;2-5H,1H3,(H,8,9,10)/q+1;/p-1. The smallest absolute Gasteiger partial charge is 0.262 e. The summed E-state index contributed by atoms with van der Waals surface area (Å²) in [6.45, 7) is 10.4. The first kappa shape index (κ1) is 17.5. The van der Waals surface area contributed by atoms with Crippen LogP contribution in [0, 0.1) is 20.8 Å². The maximum atomic E-state index is 10.4. The molecule has 1 aromatic carbocycles. The van der Waals surface area contributed by atoms with E-state index in [2.05, 4.69) is 18.6 Å². The molecule has 21 heavy (non-hydrogen) atoms. The quantitative estimate of drug-likeness (QED) is 0.492. The summed E-state index contributed by atoms with van der Waals surface area (Å²) in [6, 6.07) is 5.78. The fourth-order valence-electron chi connectivity index (χ4n) is 1.52. The first-order valence-electron chi connectivity index (χ1n) is 6.21. The number of hydrogen-bond acceptors (Lipinski definition) is 5. The Labute approximate surface area is 129 Å². The number of rotatable bonds is 3. The van der Waals surface area contributed by atoms with Crippen molar-refractivity contribution in [3.8, 4) is 0 Å². The van der Waals surface area contributed by atoms with Gasteiger partial charge in [-0.1, -0.05) is 40.3 Å². The average molecular weight is 326 g/mol.